The van der Waals surface area contributed by atoms with Crippen LogP contribution in [-0.4, -0.2) is 6.54 Å². The van der Waals surface area contributed by atoms with Crippen LogP contribution in [0.2, 0.25) is 0 Å². The van der Waals surface area contributed by atoms with E-state index in [4.69, 9.17) is 0 Å². The van der Waals surface area contributed by atoms with Crippen molar-refractivity contribution in [3.05, 3.63) is 47.3 Å². The lowest BCUT2D eigenvalue weighted by Gasteiger charge is -2.19. The molecule has 1 unspecified atom stereocenters. The SMILES string of the molecule is Fc1ccc(C(NCCC2=CCCC2)C2CC2)cc1. The third-order valence-electron chi connectivity index (χ3n) is 4.27. The normalized spacial score (nSPS) is 20.4. The topological polar surface area (TPSA) is 12.0 Å². The van der Waals surface area contributed by atoms with Crippen molar-refractivity contribution < 1.29 is 4.39 Å². The second-order valence-corrected chi connectivity index (χ2v) is 5.83. The van der Waals surface area contributed by atoms with Crippen LogP contribution in [0.5, 0.6) is 0 Å². The Labute approximate surface area is 114 Å². The zero-order valence-electron chi connectivity index (χ0n) is 11.4. The summed E-state index contributed by atoms with van der Waals surface area (Å²) in [5.41, 5.74) is 2.85. The van der Waals surface area contributed by atoms with E-state index in [0.717, 1.165) is 12.5 Å². The van der Waals surface area contributed by atoms with Crippen molar-refractivity contribution in [3.63, 3.8) is 0 Å². The quantitative estimate of drug-likeness (QED) is 0.748. The van der Waals surface area contributed by atoms with E-state index in [1.807, 2.05) is 12.1 Å². The number of allylic oxidation sites excluding steroid dienone is 1. The van der Waals surface area contributed by atoms with Gasteiger partial charge in [-0.2, -0.15) is 0 Å². The predicted molar refractivity (Wildman–Crippen MR) is 76.4 cm³/mol. The van der Waals surface area contributed by atoms with Crippen molar-refractivity contribution in [2.45, 2.75) is 44.6 Å². The largest absolute Gasteiger partial charge is 0.309 e. The molecule has 1 fully saturated rings. The number of nitrogens with one attached hydrogen (secondary N) is 1. The molecule has 1 N–H and O–H groups in total. The number of hydrogen-bond donors (Lipinski definition) is 1. The maximum atomic E-state index is 13.0. The lowest BCUT2D eigenvalue weighted by molar-refractivity contribution is 0.482. The van der Waals surface area contributed by atoms with Crippen LogP contribution in [0, 0.1) is 11.7 Å². The Kier molecular flexibility index (Phi) is 3.97. The van der Waals surface area contributed by atoms with Gasteiger partial charge in [-0.3, -0.25) is 0 Å². The van der Waals surface area contributed by atoms with E-state index in [2.05, 4.69) is 11.4 Å². The summed E-state index contributed by atoms with van der Waals surface area (Å²) in [7, 11) is 0. The molecule has 19 heavy (non-hydrogen) atoms. The molecule has 3 rings (SSSR count). The molecule has 0 amide bonds. The maximum Gasteiger partial charge on any atom is 0.123 e. The first-order valence-electron chi connectivity index (χ1n) is 7.50. The Morgan fingerprint density at radius 1 is 1.21 bits per heavy atom. The summed E-state index contributed by atoms with van der Waals surface area (Å²) in [5, 5.41) is 3.68. The van der Waals surface area contributed by atoms with Crippen LogP contribution in [0.3, 0.4) is 0 Å². The van der Waals surface area contributed by atoms with Crippen molar-refractivity contribution in [2.75, 3.05) is 6.54 Å². The highest BCUT2D eigenvalue weighted by atomic mass is 19.1. The van der Waals surface area contributed by atoms with Crippen molar-refractivity contribution in [2.24, 2.45) is 5.92 Å². The molecule has 1 nitrogen and oxygen atoms in total. The van der Waals surface area contributed by atoms with E-state index in [-0.39, 0.29) is 5.82 Å². The average molecular weight is 259 g/mol. The van der Waals surface area contributed by atoms with Gasteiger partial charge >= 0.3 is 0 Å². The first-order valence-corrected chi connectivity index (χ1v) is 7.50. The molecule has 0 bridgehead atoms. The van der Waals surface area contributed by atoms with Gasteiger partial charge in [0.1, 0.15) is 5.82 Å². The Morgan fingerprint density at radius 3 is 2.63 bits per heavy atom. The second-order valence-electron chi connectivity index (χ2n) is 5.83. The maximum absolute atomic E-state index is 13.0. The van der Waals surface area contributed by atoms with Gasteiger partial charge in [-0.1, -0.05) is 23.8 Å². The molecule has 2 aliphatic rings. The van der Waals surface area contributed by atoms with E-state index in [9.17, 15) is 4.39 Å². The fraction of sp³-hybridized carbons (Fsp3) is 0.529. The summed E-state index contributed by atoms with van der Waals surface area (Å²) in [6.07, 6.45) is 10.1. The summed E-state index contributed by atoms with van der Waals surface area (Å²) < 4.78 is 13.0. The molecule has 2 aliphatic carbocycles. The van der Waals surface area contributed by atoms with Crippen LogP contribution in [0.15, 0.2) is 35.9 Å². The molecule has 0 aliphatic heterocycles. The average Bonchev–Trinajstić information content (AvgIpc) is 3.13. The van der Waals surface area contributed by atoms with Gasteiger partial charge in [0.05, 0.1) is 0 Å². The van der Waals surface area contributed by atoms with Gasteiger partial charge in [0.2, 0.25) is 0 Å². The minimum Gasteiger partial charge on any atom is -0.309 e. The standard InChI is InChI=1S/C17H22FN/c18-16-9-7-15(8-10-16)17(14-5-6-14)19-12-11-13-3-1-2-4-13/h3,7-10,14,17,19H,1-2,4-6,11-12H2. The van der Waals surface area contributed by atoms with Crippen LogP contribution in [-0.2, 0) is 0 Å². The van der Waals surface area contributed by atoms with Crippen molar-refractivity contribution in [3.8, 4) is 0 Å². The van der Waals surface area contributed by atoms with E-state index in [1.165, 1.54) is 44.1 Å². The zero-order chi connectivity index (χ0) is 13.1. The van der Waals surface area contributed by atoms with Crippen molar-refractivity contribution >= 4 is 0 Å². The predicted octanol–water partition coefficient (Wildman–Crippen LogP) is 4.37. The van der Waals surface area contributed by atoms with Gasteiger partial charge in [-0.05, 0) is 68.7 Å². The van der Waals surface area contributed by atoms with Gasteiger partial charge in [-0.25, -0.2) is 4.39 Å². The fourth-order valence-corrected chi connectivity index (χ4v) is 3.01. The van der Waals surface area contributed by atoms with Crippen LogP contribution in [0.1, 0.15) is 50.1 Å². The highest BCUT2D eigenvalue weighted by Gasteiger charge is 2.31. The second kappa shape index (κ2) is 5.87. The van der Waals surface area contributed by atoms with Crippen molar-refractivity contribution in [1.82, 2.24) is 5.32 Å². The first kappa shape index (κ1) is 12.9. The minimum atomic E-state index is -0.144. The highest BCUT2D eigenvalue weighted by molar-refractivity contribution is 5.22. The van der Waals surface area contributed by atoms with Gasteiger partial charge < -0.3 is 5.32 Å². The van der Waals surface area contributed by atoms with Crippen LogP contribution in [0.4, 0.5) is 4.39 Å². The molecule has 0 saturated heterocycles. The Morgan fingerprint density at radius 2 is 2.00 bits per heavy atom. The molecule has 1 saturated carbocycles. The molecule has 0 heterocycles. The Hall–Kier alpha value is -1.15. The highest BCUT2D eigenvalue weighted by Crippen LogP contribution is 2.41. The summed E-state index contributed by atoms with van der Waals surface area (Å²) >= 11 is 0. The minimum absolute atomic E-state index is 0.144. The monoisotopic (exact) mass is 259 g/mol. The van der Waals surface area contributed by atoms with Gasteiger partial charge in [-0.15, -0.1) is 0 Å². The number of hydrogen-bond acceptors (Lipinski definition) is 1. The summed E-state index contributed by atoms with van der Waals surface area (Å²) in [5.74, 6) is 0.609. The van der Waals surface area contributed by atoms with Crippen molar-refractivity contribution in [1.29, 1.82) is 0 Å². The van der Waals surface area contributed by atoms with Gasteiger partial charge in [0.15, 0.2) is 0 Å². The molecular weight excluding hydrogens is 237 g/mol. The third-order valence-corrected chi connectivity index (χ3v) is 4.27. The number of benzene rings is 1. The molecule has 2 heteroatoms. The van der Waals surface area contributed by atoms with E-state index >= 15 is 0 Å². The summed E-state index contributed by atoms with van der Waals surface area (Å²) in [4.78, 5) is 0. The molecule has 1 aromatic carbocycles. The molecular formula is C17H22FN. The third kappa shape index (κ3) is 3.44. The van der Waals surface area contributed by atoms with Crippen LogP contribution < -0.4 is 5.32 Å². The van der Waals surface area contributed by atoms with E-state index in [0.29, 0.717) is 6.04 Å². The Bertz CT molecular complexity index is 445. The molecule has 0 spiro atoms. The lowest BCUT2D eigenvalue weighted by Crippen LogP contribution is -2.24. The van der Waals surface area contributed by atoms with E-state index in [1.54, 1.807) is 17.7 Å². The van der Waals surface area contributed by atoms with Gasteiger partial charge in [0, 0.05) is 6.04 Å². The smallest absolute Gasteiger partial charge is 0.123 e. The molecule has 0 radical (unpaired) electrons. The number of rotatable bonds is 6. The molecule has 0 aromatic heterocycles. The van der Waals surface area contributed by atoms with Crippen LogP contribution in [0.25, 0.3) is 0 Å². The van der Waals surface area contributed by atoms with Crippen LogP contribution >= 0.6 is 0 Å². The zero-order valence-corrected chi connectivity index (χ0v) is 11.4. The molecule has 1 aromatic rings. The summed E-state index contributed by atoms with van der Waals surface area (Å²) in [6, 6.07) is 7.43. The number of halogens is 1. The molecule has 1 atom stereocenters. The molecule has 102 valence electrons. The Balaban J connectivity index is 1.56. The fourth-order valence-electron chi connectivity index (χ4n) is 3.01. The lowest BCUT2D eigenvalue weighted by atomic mass is 10.0. The summed E-state index contributed by atoms with van der Waals surface area (Å²) in [6.45, 7) is 1.05. The first-order chi connectivity index (χ1) is 9.33. The van der Waals surface area contributed by atoms with Gasteiger partial charge in [0.25, 0.3) is 0 Å². The van der Waals surface area contributed by atoms with E-state index < -0.39 is 0 Å².